The quantitative estimate of drug-likeness (QED) is 0.848. The van der Waals surface area contributed by atoms with Gasteiger partial charge in [0.05, 0.1) is 11.4 Å². The molecule has 2 aliphatic heterocycles. The van der Waals surface area contributed by atoms with E-state index in [0.717, 1.165) is 37.3 Å². The van der Waals surface area contributed by atoms with Crippen molar-refractivity contribution in [3.8, 4) is 0 Å². The van der Waals surface area contributed by atoms with Gasteiger partial charge >= 0.3 is 0 Å². The SMILES string of the molecule is O=C(C[NH+]1CCC[C@@H]1c1cccs1)Nc1ccc(N2CCCC2=O)cc1. The highest BCUT2D eigenvalue weighted by atomic mass is 32.1. The Hall–Kier alpha value is -2.18. The molecule has 3 heterocycles. The Morgan fingerprint density at radius 2 is 2.08 bits per heavy atom. The Bertz CT molecular complexity index is 773. The van der Waals surface area contributed by atoms with E-state index in [1.165, 1.54) is 16.2 Å². The zero-order valence-electron chi connectivity index (χ0n) is 14.7. The van der Waals surface area contributed by atoms with Crippen LogP contribution in [0.1, 0.15) is 36.6 Å². The van der Waals surface area contributed by atoms with Gasteiger partial charge in [0, 0.05) is 37.2 Å². The van der Waals surface area contributed by atoms with Crippen LogP contribution < -0.4 is 15.1 Å². The minimum Gasteiger partial charge on any atom is -0.321 e. The average Bonchev–Trinajstić information content (AvgIpc) is 3.37. The highest BCUT2D eigenvalue weighted by molar-refractivity contribution is 7.10. The molecule has 1 aromatic carbocycles. The summed E-state index contributed by atoms with van der Waals surface area (Å²) in [7, 11) is 0. The second-order valence-corrected chi connectivity index (χ2v) is 8.02. The van der Waals surface area contributed by atoms with Gasteiger partial charge in [-0.05, 0) is 42.1 Å². The zero-order chi connectivity index (χ0) is 17.9. The average molecular weight is 370 g/mol. The topological polar surface area (TPSA) is 53.9 Å². The van der Waals surface area contributed by atoms with Crippen LogP contribution in [0.2, 0.25) is 0 Å². The van der Waals surface area contributed by atoms with E-state index in [0.29, 0.717) is 19.0 Å². The van der Waals surface area contributed by atoms with Crippen LogP contribution in [0.5, 0.6) is 0 Å². The van der Waals surface area contributed by atoms with Crippen LogP contribution >= 0.6 is 11.3 Å². The van der Waals surface area contributed by atoms with Crippen molar-refractivity contribution in [2.45, 2.75) is 31.7 Å². The molecule has 2 aliphatic rings. The minimum absolute atomic E-state index is 0.0495. The molecule has 0 saturated carbocycles. The van der Waals surface area contributed by atoms with Gasteiger partial charge in [0.2, 0.25) is 5.91 Å². The molecule has 1 aromatic heterocycles. The van der Waals surface area contributed by atoms with Crippen LogP contribution in [0.25, 0.3) is 0 Å². The summed E-state index contributed by atoms with van der Waals surface area (Å²) in [5, 5.41) is 5.11. The van der Waals surface area contributed by atoms with Crippen LogP contribution in [-0.2, 0) is 9.59 Å². The number of nitrogens with zero attached hydrogens (tertiary/aromatic N) is 1. The highest BCUT2D eigenvalue weighted by Crippen LogP contribution is 2.24. The van der Waals surface area contributed by atoms with Crippen molar-refractivity contribution in [1.82, 2.24) is 0 Å². The molecular weight excluding hydrogens is 346 g/mol. The first-order valence-electron chi connectivity index (χ1n) is 9.29. The number of rotatable bonds is 5. The lowest BCUT2D eigenvalue weighted by molar-refractivity contribution is -0.910. The molecule has 0 aliphatic carbocycles. The van der Waals surface area contributed by atoms with Crippen LogP contribution in [0.15, 0.2) is 41.8 Å². The number of benzene rings is 1. The molecule has 2 aromatic rings. The van der Waals surface area contributed by atoms with Crippen molar-refractivity contribution in [1.29, 1.82) is 0 Å². The number of hydrogen-bond donors (Lipinski definition) is 2. The number of nitrogens with one attached hydrogen (secondary N) is 2. The van der Waals surface area contributed by atoms with Crippen LogP contribution in [-0.4, -0.2) is 31.4 Å². The summed E-state index contributed by atoms with van der Waals surface area (Å²) in [5.74, 6) is 0.229. The molecule has 2 amide bonds. The molecule has 136 valence electrons. The molecule has 2 saturated heterocycles. The third-order valence-electron chi connectivity index (χ3n) is 5.29. The van der Waals surface area contributed by atoms with Crippen molar-refractivity contribution >= 4 is 34.5 Å². The van der Waals surface area contributed by atoms with Crippen LogP contribution in [0.3, 0.4) is 0 Å². The first kappa shape index (κ1) is 17.2. The molecule has 1 unspecified atom stereocenters. The largest absolute Gasteiger partial charge is 0.321 e. The lowest BCUT2D eigenvalue weighted by Gasteiger charge is -2.20. The number of quaternary nitrogens is 1. The molecular formula is C20H24N3O2S+. The molecule has 5 nitrogen and oxygen atoms in total. The number of hydrogen-bond acceptors (Lipinski definition) is 3. The highest BCUT2D eigenvalue weighted by Gasteiger charge is 2.32. The van der Waals surface area contributed by atoms with Crippen molar-refractivity contribution in [3.63, 3.8) is 0 Å². The van der Waals surface area contributed by atoms with Gasteiger partial charge in [0.25, 0.3) is 5.91 Å². The van der Waals surface area contributed by atoms with Gasteiger partial charge < -0.3 is 15.1 Å². The van der Waals surface area contributed by atoms with Crippen LogP contribution in [0, 0.1) is 0 Å². The fourth-order valence-corrected chi connectivity index (χ4v) is 4.93. The summed E-state index contributed by atoms with van der Waals surface area (Å²) >= 11 is 1.78. The predicted molar refractivity (Wildman–Crippen MR) is 104 cm³/mol. The van der Waals surface area contributed by atoms with E-state index < -0.39 is 0 Å². The van der Waals surface area contributed by atoms with E-state index in [9.17, 15) is 9.59 Å². The number of carbonyl (C=O) groups is 2. The standard InChI is InChI=1S/C20H23N3O2S/c24-19(14-22-11-1-4-17(22)18-5-3-13-26-18)21-15-7-9-16(10-8-15)23-12-2-6-20(23)25/h3,5,7-10,13,17H,1-2,4,6,11-12,14H2,(H,21,24)/p+1/t17-/m1/s1. The third-order valence-corrected chi connectivity index (χ3v) is 6.28. The maximum absolute atomic E-state index is 12.5. The summed E-state index contributed by atoms with van der Waals surface area (Å²) in [6.07, 6.45) is 3.87. The monoisotopic (exact) mass is 370 g/mol. The third kappa shape index (κ3) is 3.66. The molecule has 0 bridgehead atoms. The number of carbonyl (C=O) groups excluding carboxylic acids is 2. The van der Waals surface area contributed by atoms with Crippen molar-refractivity contribution in [2.75, 3.05) is 29.9 Å². The summed E-state index contributed by atoms with van der Waals surface area (Å²) in [5.41, 5.74) is 1.70. The molecule has 26 heavy (non-hydrogen) atoms. The van der Waals surface area contributed by atoms with E-state index in [-0.39, 0.29) is 11.8 Å². The predicted octanol–water partition coefficient (Wildman–Crippen LogP) is 2.23. The molecule has 2 fully saturated rings. The van der Waals surface area contributed by atoms with Gasteiger partial charge in [-0.15, -0.1) is 11.3 Å². The Morgan fingerprint density at radius 3 is 2.77 bits per heavy atom. The number of thiophene rings is 1. The summed E-state index contributed by atoms with van der Waals surface area (Å²) in [6, 6.07) is 12.3. The number of anilines is 2. The fraction of sp³-hybridized carbons (Fsp3) is 0.400. The Morgan fingerprint density at radius 1 is 1.23 bits per heavy atom. The lowest BCUT2D eigenvalue weighted by Crippen LogP contribution is -3.11. The molecule has 2 atom stereocenters. The summed E-state index contributed by atoms with van der Waals surface area (Å²) in [6.45, 7) is 2.33. The van der Waals surface area contributed by atoms with Crippen molar-refractivity contribution in [3.05, 3.63) is 46.7 Å². The lowest BCUT2D eigenvalue weighted by atomic mass is 10.2. The van der Waals surface area contributed by atoms with E-state index >= 15 is 0 Å². The molecule has 0 radical (unpaired) electrons. The van der Waals surface area contributed by atoms with E-state index in [2.05, 4.69) is 22.8 Å². The Kier molecular flexibility index (Phi) is 5.04. The van der Waals surface area contributed by atoms with Crippen molar-refractivity contribution < 1.29 is 14.5 Å². The minimum atomic E-state index is 0.0495. The second kappa shape index (κ2) is 7.60. The Balaban J connectivity index is 1.35. The molecule has 4 rings (SSSR count). The maximum Gasteiger partial charge on any atom is 0.279 e. The van der Waals surface area contributed by atoms with E-state index in [1.54, 1.807) is 11.3 Å². The number of likely N-dealkylation sites (tertiary alicyclic amines) is 1. The normalized spacial score (nSPS) is 22.8. The summed E-state index contributed by atoms with van der Waals surface area (Å²) in [4.78, 5) is 28.8. The first-order chi connectivity index (χ1) is 12.7. The van der Waals surface area contributed by atoms with Crippen molar-refractivity contribution in [2.24, 2.45) is 0 Å². The fourth-order valence-electron chi connectivity index (χ4n) is 4.01. The Labute approximate surface area is 157 Å². The smallest absolute Gasteiger partial charge is 0.279 e. The van der Waals surface area contributed by atoms with Gasteiger partial charge in [0.15, 0.2) is 6.54 Å². The molecule has 0 spiro atoms. The first-order valence-corrected chi connectivity index (χ1v) is 10.2. The maximum atomic E-state index is 12.5. The second-order valence-electron chi connectivity index (χ2n) is 7.04. The van der Waals surface area contributed by atoms with Gasteiger partial charge in [-0.2, -0.15) is 0 Å². The van der Waals surface area contributed by atoms with E-state index in [4.69, 9.17) is 0 Å². The number of amides is 2. The van der Waals surface area contributed by atoms with Gasteiger partial charge in [-0.25, -0.2) is 0 Å². The van der Waals surface area contributed by atoms with E-state index in [1.807, 2.05) is 29.2 Å². The summed E-state index contributed by atoms with van der Waals surface area (Å²) < 4.78 is 0. The zero-order valence-corrected chi connectivity index (χ0v) is 15.6. The van der Waals surface area contributed by atoms with Gasteiger partial charge in [-0.3, -0.25) is 9.59 Å². The van der Waals surface area contributed by atoms with Gasteiger partial charge in [-0.1, -0.05) is 6.07 Å². The molecule has 6 heteroatoms. The van der Waals surface area contributed by atoms with Crippen LogP contribution in [0.4, 0.5) is 11.4 Å². The van der Waals surface area contributed by atoms with Gasteiger partial charge in [0.1, 0.15) is 6.04 Å². The molecule has 2 N–H and O–H groups in total.